The monoisotopic (exact) mass is 403 g/mol. The summed E-state index contributed by atoms with van der Waals surface area (Å²) in [5, 5.41) is 2.72. The second-order valence-electron chi connectivity index (χ2n) is 6.16. The van der Waals surface area contributed by atoms with Crippen LogP contribution in [0.5, 0.6) is 0 Å². The van der Waals surface area contributed by atoms with E-state index in [4.69, 9.17) is 0 Å². The predicted octanol–water partition coefficient (Wildman–Crippen LogP) is 4.49. The maximum atomic E-state index is 12.8. The van der Waals surface area contributed by atoms with Gasteiger partial charge in [0.1, 0.15) is 10.5 Å². The third-order valence-corrected chi connectivity index (χ3v) is 5.23. The highest BCUT2D eigenvalue weighted by atomic mass is 32.1. The number of hydrogen-bond donors (Lipinski definition) is 1. The molecule has 3 aromatic heterocycles. The molecule has 4 rings (SSSR count). The molecule has 1 N–H and O–H groups in total. The van der Waals surface area contributed by atoms with E-state index in [0.29, 0.717) is 10.5 Å². The minimum Gasteiger partial charge on any atom is -0.321 e. The number of benzene rings is 1. The van der Waals surface area contributed by atoms with Gasteiger partial charge in [0, 0.05) is 11.9 Å². The van der Waals surface area contributed by atoms with Crippen LogP contribution in [0.1, 0.15) is 20.8 Å². The molecule has 142 valence electrons. The molecule has 1 aromatic carbocycles. The summed E-state index contributed by atoms with van der Waals surface area (Å²) in [7, 11) is 0. The Kier molecular flexibility index (Phi) is 4.19. The normalized spacial score (nSPS) is 11.9. The van der Waals surface area contributed by atoms with Gasteiger partial charge in [0.15, 0.2) is 0 Å². The summed E-state index contributed by atoms with van der Waals surface area (Å²) >= 11 is 1.01. The molecule has 5 nitrogen and oxygen atoms in total. The number of rotatable bonds is 2. The molecule has 0 atom stereocenters. The van der Waals surface area contributed by atoms with E-state index >= 15 is 0 Å². The highest BCUT2D eigenvalue weighted by molar-refractivity contribution is 7.20. The van der Waals surface area contributed by atoms with Crippen molar-refractivity contribution in [2.45, 2.75) is 13.1 Å². The van der Waals surface area contributed by atoms with E-state index in [9.17, 15) is 22.8 Å². The highest BCUT2D eigenvalue weighted by Gasteiger charge is 2.30. The van der Waals surface area contributed by atoms with Crippen molar-refractivity contribution in [2.24, 2.45) is 0 Å². The average Bonchev–Trinajstić information content (AvgIpc) is 3.07. The number of aromatic nitrogens is 2. The molecule has 3 heterocycles. The molecule has 0 unspecified atom stereocenters. The Morgan fingerprint density at radius 3 is 2.71 bits per heavy atom. The van der Waals surface area contributed by atoms with E-state index in [1.165, 1.54) is 22.6 Å². The van der Waals surface area contributed by atoms with Gasteiger partial charge in [-0.3, -0.25) is 14.0 Å². The molecule has 0 spiro atoms. The van der Waals surface area contributed by atoms with Gasteiger partial charge < -0.3 is 5.32 Å². The molecule has 1 amide bonds. The number of amides is 1. The third-order valence-electron chi connectivity index (χ3n) is 4.20. The zero-order chi connectivity index (χ0) is 20.1. The summed E-state index contributed by atoms with van der Waals surface area (Å²) in [6, 6.07) is 9.32. The van der Waals surface area contributed by atoms with Gasteiger partial charge in [-0.05, 0) is 42.8 Å². The number of anilines is 1. The summed E-state index contributed by atoms with van der Waals surface area (Å²) in [6.45, 7) is 1.82. The largest absolute Gasteiger partial charge is 0.416 e. The standard InChI is InChI=1S/C19H12F3N3O2S/c1-10-4-3-7-25-15(10)24-17-13(18(25)27)9-14(28-17)16(26)23-12-6-2-5-11(8-12)19(20,21)22/h2-9H,1H3,(H,23,26). The lowest BCUT2D eigenvalue weighted by atomic mass is 10.2. The van der Waals surface area contributed by atoms with E-state index in [-0.39, 0.29) is 21.5 Å². The van der Waals surface area contributed by atoms with Gasteiger partial charge in [-0.2, -0.15) is 13.2 Å². The van der Waals surface area contributed by atoms with Crippen molar-refractivity contribution in [3.8, 4) is 0 Å². The number of nitrogens with one attached hydrogen (secondary N) is 1. The van der Waals surface area contributed by atoms with Crippen molar-refractivity contribution >= 4 is 38.8 Å². The summed E-state index contributed by atoms with van der Waals surface area (Å²) in [5.74, 6) is -0.604. The zero-order valence-electron chi connectivity index (χ0n) is 14.4. The van der Waals surface area contributed by atoms with E-state index in [2.05, 4.69) is 10.3 Å². The number of thiophene rings is 1. The number of carbonyl (C=O) groups excluding carboxylic acids is 1. The fourth-order valence-corrected chi connectivity index (χ4v) is 3.75. The van der Waals surface area contributed by atoms with Gasteiger partial charge in [-0.25, -0.2) is 4.98 Å². The lowest BCUT2D eigenvalue weighted by Crippen LogP contribution is -2.14. The number of carbonyl (C=O) groups is 1. The van der Waals surface area contributed by atoms with Gasteiger partial charge >= 0.3 is 6.18 Å². The number of hydrogen-bond acceptors (Lipinski definition) is 4. The van der Waals surface area contributed by atoms with Crippen LogP contribution in [0.4, 0.5) is 18.9 Å². The lowest BCUT2D eigenvalue weighted by Gasteiger charge is -2.09. The fraction of sp³-hybridized carbons (Fsp3) is 0.105. The summed E-state index contributed by atoms with van der Waals surface area (Å²) in [6.07, 6.45) is -2.91. The van der Waals surface area contributed by atoms with Crippen molar-refractivity contribution in [3.05, 3.63) is 75.0 Å². The molecular formula is C19H12F3N3O2S. The molecule has 0 aliphatic carbocycles. The zero-order valence-corrected chi connectivity index (χ0v) is 15.2. The molecule has 0 aliphatic heterocycles. The molecule has 0 saturated carbocycles. The van der Waals surface area contributed by atoms with Crippen LogP contribution < -0.4 is 10.9 Å². The summed E-state index contributed by atoms with van der Waals surface area (Å²) in [4.78, 5) is 30.2. The van der Waals surface area contributed by atoms with Crippen molar-refractivity contribution in [2.75, 3.05) is 5.32 Å². The smallest absolute Gasteiger partial charge is 0.321 e. The topological polar surface area (TPSA) is 63.5 Å². The first-order valence-corrected chi connectivity index (χ1v) is 8.96. The Morgan fingerprint density at radius 2 is 1.96 bits per heavy atom. The number of alkyl halides is 3. The first-order chi connectivity index (χ1) is 13.2. The fourth-order valence-electron chi connectivity index (χ4n) is 2.84. The number of halogens is 3. The molecule has 0 radical (unpaired) electrons. The molecule has 4 aromatic rings. The quantitative estimate of drug-likeness (QED) is 0.537. The Bertz CT molecular complexity index is 1290. The first kappa shape index (κ1) is 18.2. The molecule has 9 heteroatoms. The van der Waals surface area contributed by atoms with E-state index in [1.54, 1.807) is 12.3 Å². The van der Waals surface area contributed by atoms with Crippen molar-refractivity contribution in [1.82, 2.24) is 9.38 Å². The SMILES string of the molecule is Cc1cccn2c(=O)c3cc(C(=O)Nc4cccc(C(F)(F)F)c4)sc3nc12. The molecule has 0 saturated heterocycles. The van der Waals surface area contributed by atoms with Crippen LogP contribution >= 0.6 is 11.3 Å². The van der Waals surface area contributed by atoms with Crippen LogP contribution in [-0.4, -0.2) is 15.3 Å². The van der Waals surface area contributed by atoms with Gasteiger partial charge in [-0.1, -0.05) is 12.1 Å². The molecule has 28 heavy (non-hydrogen) atoms. The summed E-state index contributed by atoms with van der Waals surface area (Å²) < 4.78 is 39.9. The van der Waals surface area contributed by atoms with Gasteiger partial charge in [0.25, 0.3) is 11.5 Å². The molecule has 0 aliphatic rings. The predicted molar refractivity (Wildman–Crippen MR) is 101 cm³/mol. The lowest BCUT2D eigenvalue weighted by molar-refractivity contribution is -0.137. The number of nitrogens with zero attached hydrogens (tertiary/aromatic N) is 2. The molecule has 0 fully saturated rings. The van der Waals surface area contributed by atoms with Gasteiger partial charge in [-0.15, -0.1) is 11.3 Å². The second-order valence-corrected chi connectivity index (χ2v) is 7.19. The average molecular weight is 403 g/mol. The van der Waals surface area contributed by atoms with E-state index in [0.717, 1.165) is 29.0 Å². The maximum absolute atomic E-state index is 12.8. The first-order valence-electron chi connectivity index (χ1n) is 8.14. The minimum absolute atomic E-state index is 0.0166. The second kappa shape index (κ2) is 6.45. The molecular weight excluding hydrogens is 391 g/mol. The number of fused-ring (bicyclic) bond motifs is 2. The van der Waals surface area contributed by atoms with Crippen LogP contribution in [0.3, 0.4) is 0 Å². The van der Waals surface area contributed by atoms with Crippen molar-refractivity contribution in [3.63, 3.8) is 0 Å². The van der Waals surface area contributed by atoms with Crippen LogP contribution in [0.15, 0.2) is 53.5 Å². The van der Waals surface area contributed by atoms with Gasteiger partial charge in [0.05, 0.1) is 15.8 Å². The minimum atomic E-state index is -4.51. The van der Waals surface area contributed by atoms with E-state index < -0.39 is 17.6 Å². The Labute approximate surface area is 160 Å². The number of pyridine rings is 1. The molecule has 0 bridgehead atoms. The third kappa shape index (κ3) is 3.13. The summed E-state index contributed by atoms with van der Waals surface area (Å²) in [5.41, 5.74) is 0.154. The maximum Gasteiger partial charge on any atom is 0.416 e. The highest BCUT2D eigenvalue weighted by Crippen LogP contribution is 2.31. The van der Waals surface area contributed by atoms with Crippen LogP contribution in [-0.2, 0) is 6.18 Å². The Hall–Kier alpha value is -3.20. The Balaban J connectivity index is 1.73. The number of aryl methyl sites for hydroxylation is 1. The van der Waals surface area contributed by atoms with Crippen LogP contribution in [0, 0.1) is 6.92 Å². The van der Waals surface area contributed by atoms with Crippen LogP contribution in [0.25, 0.3) is 15.9 Å². The van der Waals surface area contributed by atoms with E-state index in [1.807, 2.05) is 13.0 Å². The Morgan fingerprint density at radius 1 is 1.18 bits per heavy atom. The van der Waals surface area contributed by atoms with Crippen molar-refractivity contribution < 1.29 is 18.0 Å². The van der Waals surface area contributed by atoms with Gasteiger partial charge in [0.2, 0.25) is 0 Å². The van der Waals surface area contributed by atoms with Crippen LogP contribution in [0.2, 0.25) is 0 Å². The van der Waals surface area contributed by atoms with Crippen molar-refractivity contribution in [1.29, 1.82) is 0 Å².